The smallest absolute Gasteiger partial charge is 1.00 e. The number of hydrogen-bond donors (Lipinski definition) is 2. The molecule has 0 saturated carbocycles. The zero-order valence-corrected chi connectivity index (χ0v) is 44.3. The van der Waals surface area contributed by atoms with Gasteiger partial charge in [0.05, 0.1) is 32.6 Å². The molecular formula is C36H35Br2Cl2CuIN6NaO6S2Sn. The van der Waals surface area contributed by atoms with Gasteiger partial charge in [-0.3, -0.25) is 24.3 Å². The number of sulfone groups is 1. The Kier molecular flexibility index (Phi) is 32.9. The molecule has 0 aliphatic rings. The molecule has 3 aromatic carbocycles. The van der Waals surface area contributed by atoms with Crippen LogP contribution in [-0.2, 0) is 33.7 Å². The van der Waals surface area contributed by atoms with E-state index in [9.17, 15) is 18.5 Å². The van der Waals surface area contributed by atoms with E-state index in [-0.39, 0.29) is 47.6 Å². The molecule has 6 rings (SSSR count). The molecule has 3 aromatic heterocycles. The van der Waals surface area contributed by atoms with Gasteiger partial charge in [0.15, 0.2) is 9.84 Å². The van der Waals surface area contributed by atoms with Crippen LogP contribution in [0.5, 0.6) is 0 Å². The minimum absolute atomic E-state index is 0. The van der Waals surface area contributed by atoms with Gasteiger partial charge in [0.2, 0.25) is 0 Å². The van der Waals surface area contributed by atoms with Crippen LogP contribution >= 0.6 is 70.0 Å². The van der Waals surface area contributed by atoms with Crippen LogP contribution in [0, 0.1) is 10.1 Å². The Bertz CT molecular complexity index is 2260. The van der Waals surface area contributed by atoms with Crippen molar-refractivity contribution >= 4 is 127 Å². The molecule has 3 heterocycles. The average molecular weight is 1270 g/mol. The van der Waals surface area contributed by atoms with E-state index in [0.29, 0.717) is 27.2 Å². The zero-order chi connectivity index (χ0) is 42.3. The quantitative estimate of drug-likeness (QED) is 0.0577. The van der Waals surface area contributed by atoms with E-state index in [1.165, 1.54) is 18.3 Å². The molecule has 1 unspecified atom stereocenters. The second-order valence-electron chi connectivity index (χ2n) is 10.3. The fourth-order valence-corrected chi connectivity index (χ4v) is 5.43. The Labute approximate surface area is 417 Å². The van der Waals surface area contributed by atoms with E-state index < -0.39 is 44.7 Å². The molecule has 1 atom stereocenters. The molecular weight excluding hydrogens is 1240 g/mol. The monoisotopic (exact) mass is 1270 g/mol. The molecule has 0 bridgehead atoms. The van der Waals surface area contributed by atoms with Crippen LogP contribution in [0.3, 0.4) is 0 Å². The normalized spacial score (nSPS) is 10.0. The van der Waals surface area contributed by atoms with Gasteiger partial charge in [-0.15, -0.1) is 0 Å². The molecule has 22 heteroatoms. The minimum Gasteiger partial charge on any atom is 1.00 e. The van der Waals surface area contributed by atoms with Crippen LogP contribution in [0.1, 0.15) is 7.43 Å². The number of anilines is 2. The maximum absolute atomic E-state index is 11.3. The third kappa shape index (κ3) is 22.6. The van der Waals surface area contributed by atoms with E-state index in [4.69, 9.17) is 38.1 Å². The number of nitrogens with two attached hydrogens (primary N) is 2. The number of nitrogen functional groups attached to an aromatic ring is 2. The van der Waals surface area contributed by atoms with Crippen LogP contribution in [-0.4, -0.2) is 68.5 Å². The van der Waals surface area contributed by atoms with Crippen LogP contribution in [0.15, 0.2) is 142 Å². The van der Waals surface area contributed by atoms with Gasteiger partial charge in [0.25, 0.3) is 5.69 Å². The molecule has 308 valence electrons. The van der Waals surface area contributed by atoms with E-state index in [1.54, 1.807) is 44.9 Å². The number of nitro groups is 1. The number of hydrogen-bond acceptors (Lipinski definition) is 11. The summed E-state index contributed by atoms with van der Waals surface area (Å²) in [5, 5.41) is 10.9. The Hall–Kier alpha value is -1.24. The van der Waals surface area contributed by atoms with Crippen molar-refractivity contribution in [2.75, 3.05) is 24.0 Å². The van der Waals surface area contributed by atoms with Crippen molar-refractivity contribution < 1.29 is 64.4 Å². The second-order valence-corrected chi connectivity index (χ2v) is 19.2. The number of pyridine rings is 3. The van der Waals surface area contributed by atoms with Crippen LogP contribution in [0.25, 0.3) is 33.8 Å². The zero-order valence-electron chi connectivity index (χ0n) is 30.0. The van der Waals surface area contributed by atoms with Crippen molar-refractivity contribution in [2.45, 2.75) is 12.3 Å². The second kappa shape index (κ2) is 32.5. The summed E-state index contributed by atoms with van der Waals surface area (Å²) >= 11 is 9.68. The Balaban J connectivity index is 0. The first kappa shape index (κ1) is 58.9. The maximum Gasteiger partial charge on any atom is 1.00 e. The summed E-state index contributed by atoms with van der Waals surface area (Å²) in [5.74, 6) is 0. The summed E-state index contributed by atoms with van der Waals surface area (Å²) in [7, 11) is 6.60. The minimum atomic E-state index is -3.27. The molecule has 58 heavy (non-hydrogen) atoms. The molecule has 4 N–H and O–H groups in total. The molecule has 12 nitrogen and oxygen atoms in total. The predicted octanol–water partition coefficient (Wildman–Crippen LogP) is 7.26. The Morgan fingerprint density at radius 1 is 0.741 bits per heavy atom. The molecule has 0 spiro atoms. The van der Waals surface area contributed by atoms with E-state index in [2.05, 4.69) is 59.6 Å². The summed E-state index contributed by atoms with van der Waals surface area (Å²) in [6.07, 6.45) is 6.84. The van der Waals surface area contributed by atoms with Gasteiger partial charge in [0, 0.05) is 56.5 Å². The number of rotatable bonds is 5. The molecule has 6 aromatic rings. The van der Waals surface area contributed by atoms with Gasteiger partial charge in [-0.05, 0) is 50.2 Å². The summed E-state index contributed by atoms with van der Waals surface area (Å²) in [4.78, 5) is 23.1. The van der Waals surface area contributed by atoms with Crippen molar-refractivity contribution in [1.82, 2.24) is 15.0 Å². The van der Waals surface area contributed by atoms with Gasteiger partial charge in [0.1, 0.15) is 5.69 Å². The van der Waals surface area contributed by atoms with Crippen LogP contribution < -0.4 is 41.0 Å². The Morgan fingerprint density at radius 2 is 1.05 bits per heavy atom. The molecule has 0 aliphatic heterocycles. The summed E-state index contributed by atoms with van der Waals surface area (Å²) in [6.45, 7) is 0. The SMILES string of the molecule is C.CS(=O)(=O)c1cnc(-c2ccccc2)c(N)c1.CS(=O)[O-].Nc1cc(Br)cnc1-c1ccccc1.O=[N+]([O-])c1cc(Br)cnc1-c1ccccc1.[Cl][Sn][Cl].[Cu][I].[Na+]. The van der Waals surface area contributed by atoms with Crippen molar-refractivity contribution in [2.24, 2.45) is 0 Å². The number of halogens is 5. The molecule has 0 saturated heterocycles. The first-order valence-electron chi connectivity index (χ1n) is 15.0. The standard InChI is InChI=1S/C12H12N2O2S.C11H7BrN2O2.C11H9BrN2.CH4O2S.CH4.2ClH.Cu.HI.Na.Sn/c1-17(15,16)10-7-11(13)12(14-8-10)9-5-3-2-4-6-9;12-9-6-10(14(15)16)11(13-7-9)8-4-2-1-3-5-8;12-9-6-10(13)11(14-7-9)8-4-2-1-3-5-8;1-4(2)3;;;;;;;/h2-8H,13H2,1H3;1-7H;1-7H,13H2;1H3,(H,2,3);1H4;2*1H;;1H;;/q;;;;;;;+1;;+1;+2/p-4. The topological polar surface area (TPSA) is 208 Å². The van der Waals surface area contributed by atoms with Crippen molar-refractivity contribution in [3.05, 3.63) is 147 Å². The maximum atomic E-state index is 11.3. The first-order chi connectivity index (χ1) is 26.6. The molecule has 0 amide bonds. The van der Waals surface area contributed by atoms with Gasteiger partial charge >= 0.3 is 99.4 Å². The van der Waals surface area contributed by atoms with Crippen molar-refractivity contribution in [3.8, 4) is 33.8 Å². The van der Waals surface area contributed by atoms with Crippen LogP contribution in [0.4, 0.5) is 17.1 Å². The molecule has 0 aliphatic carbocycles. The van der Waals surface area contributed by atoms with Gasteiger partial charge < -0.3 is 16.0 Å². The fourth-order valence-electron chi connectivity index (χ4n) is 4.18. The number of aromatic nitrogens is 3. The van der Waals surface area contributed by atoms with Crippen LogP contribution in [0.2, 0.25) is 0 Å². The van der Waals surface area contributed by atoms with Gasteiger partial charge in [-0.1, -0.05) is 110 Å². The van der Waals surface area contributed by atoms with Crippen molar-refractivity contribution in [3.63, 3.8) is 0 Å². The third-order valence-corrected chi connectivity index (χ3v) is 8.32. The molecule has 2 radical (unpaired) electrons. The average Bonchev–Trinajstić information content (AvgIpc) is 3.17. The Morgan fingerprint density at radius 3 is 1.38 bits per heavy atom. The first-order valence-corrected chi connectivity index (χ1v) is 30.2. The van der Waals surface area contributed by atoms with E-state index in [1.807, 2.05) is 84.9 Å². The predicted molar refractivity (Wildman–Crippen MR) is 246 cm³/mol. The van der Waals surface area contributed by atoms with Gasteiger partial charge in [-0.2, -0.15) is 0 Å². The van der Waals surface area contributed by atoms with E-state index >= 15 is 0 Å². The third-order valence-electron chi connectivity index (χ3n) is 6.38. The largest absolute Gasteiger partial charge is 1.00 e. The fraction of sp³-hybridized carbons (Fsp3) is 0.0833. The van der Waals surface area contributed by atoms with E-state index in [0.717, 1.165) is 39.4 Å². The van der Waals surface area contributed by atoms with Gasteiger partial charge in [-0.25, -0.2) is 13.4 Å². The van der Waals surface area contributed by atoms with Crippen molar-refractivity contribution in [1.29, 1.82) is 0 Å². The number of benzene rings is 3. The number of nitrogens with zero attached hydrogens (tertiary/aromatic N) is 4. The summed E-state index contributed by atoms with van der Waals surface area (Å²) in [6, 6.07) is 33.1. The molecule has 0 fully saturated rings. The summed E-state index contributed by atoms with van der Waals surface area (Å²) in [5.41, 5.74) is 17.2. The summed E-state index contributed by atoms with van der Waals surface area (Å²) < 4.78 is 42.2.